The molecule has 0 spiro atoms. The van der Waals surface area contributed by atoms with Crippen LogP contribution < -0.4 is 0 Å². The van der Waals surface area contributed by atoms with E-state index in [0.717, 1.165) is 11.1 Å². The Morgan fingerprint density at radius 2 is 1.00 bits per heavy atom. The molecule has 0 N–H and O–H groups in total. The normalized spacial score (nSPS) is 9.07. The predicted octanol–water partition coefficient (Wildman–Crippen LogP) is 2.92. The van der Waals surface area contributed by atoms with E-state index in [4.69, 9.17) is 0 Å². The van der Waals surface area contributed by atoms with Crippen molar-refractivity contribution < 1.29 is 27.2 Å². The van der Waals surface area contributed by atoms with Gasteiger partial charge in [0, 0.05) is 33.5 Å². The molecular weight excluding hydrogens is 369 g/mol. The molecule has 0 saturated carbocycles. The van der Waals surface area contributed by atoms with Gasteiger partial charge in [-0.25, -0.2) is 0 Å². The van der Waals surface area contributed by atoms with Crippen LogP contribution >= 0.6 is 0 Å². The molecule has 1 radical (unpaired) electrons. The maximum atomic E-state index is 11.8. The second-order valence-corrected chi connectivity index (χ2v) is 3.06. The zero-order chi connectivity index (χ0) is 9.80. The van der Waals surface area contributed by atoms with E-state index in [2.05, 4.69) is 0 Å². The van der Waals surface area contributed by atoms with Crippen molar-refractivity contribution in [2.75, 3.05) is 0 Å². The summed E-state index contributed by atoms with van der Waals surface area (Å²) >= 11 is 0. The molecule has 79 valence electrons. The molecule has 0 heterocycles. The Morgan fingerprint density at radius 1 is 0.667 bits per heavy atom. The first-order valence-corrected chi connectivity index (χ1v) is 4.53. The van der Waals surface area contributed by atoms with Gasteiger partial charge < -0.3 is 0 Å². The minimum Gasteiger partial charge on any atom is -0.289 e. The number of ketones is 1. The molecule has 0 aliphatic rings. The first-order chi connectivity index (χ1) is 6.88. The minimum atomic E-state index is 0. The topological polar surface area (TPSA) is 17.1 Å². The van der Waals surface area contributed by atoms with Crippen molar-refractivity contribution in [3.63, 3.8) is 0 Å². The first-order valence-electron chi connectivity index (χ1n) is 4.53. The smallest absolute Gasteiger partial charge is 0.193 e. The van der Waals surface area contributed by atoms with Crippen LogP contribution in [0.1, 0.15) is 15.9 Å². The molecule has 0 aliphatic carbocycles. The quantitative estimate of drug-likeness (QED) is 0.580. The van der Waals surface area contributed by atoms with Crippen LogP contribution in [0.3, 0.4) is 0 Å². The monoisotopic (exact) mass is 379 g/mol. The average Bonchev–Trinajstić information content (AvgIpc) is 2.30. The summed E-state index contributed by atoms with van der Waals surface area (Å²) in [5.41, 5.74) is 1.47. The molecule has 15 heavy (non-hydrogen) atoms. The summed E-state index contributed by atoms with van der Waals surface area (Å²) in [5.74, 6) is 0.0752. The van der Waals surface area contributed by atoms with E-state index in [1.165, 1.54) is 0 Å². The third kappa shape index (κ3) is 2.90. The van der Waals surface area contributed by atoms with E-state index in [-0.39, 0.29) is 28.2 Å². The zero-order valence-corrected chi connectivity index (χ0v) is 10.1. The molecule has 2 aromatic rings. The van der Waals surface area contributed by atoms with Gasteiger partial charge in [0.15, 0.2) is 5.78 Å². The van der Waals surface area contributed by atoms with Crippen molar-refractivity contribution >= 4 is 5.78 Å². The Hall–Kier alpha value is -1.15. The zero-order valence-electron chi connectivity index (χ0n) is 7.98. The maximum absolute atomic E-state index is 11.8. The number of carbonyl (C=O) groups excluding carboxylic acids is 1. The summed E-state index contributed by atoms with van der Waals surface area (Å²) < 4.78 is 0. The van der Waals surface area contributed by atoms with Crippen molar-refractivity contribution in [1.82, 2.24) is 0 Å². The van der Waals surface area contributed by atoms with Crippen LogP contribution in [0.15, 0.2) is 60.7 Å². The summed E-state index contributed by atoms with van der Waals surface area (Å²) in [7, 11) is 0. The minimum absolute atomic E-state index is 0. The summed E-state index contributed by atoms with van der Waals surface area (Å²) in [6.45, 7) is 0. The number of rotatable bonds is 2. The van der Waals surface area contributed by atoms with Gasteiger partial charge in [0.2, 0.25) is 0 Å². The molecule has 2 rings (SSSR count). The molecule has 0 atom stereocenters. The van der Waals surface area contributed by atoms with Crippen LogP contribution in [-0.4, -0.2) is 5.78 Å². The van der Waals surface area contributed by atoms with Crippen LogP contribution in [0, 0.1) is 0 Å². The number of benzene rings is 2. The van der Waals surface area contributed by atoms with Gasteiger partial charge in [-0.05, 0) is 0 Å². The summed E-state index contributed by atoms with van der Waals surface area (Å²) in [6.07, 6.45) is 0. The molecule has 0 amide bonds. The molecule has 2 heteroatoms. The second-order valence-electron chi connectivity index (χ2n) is 3.06. The number of hydrogen-bond acceptors (Lipinski definition) is 1. The summed E-state index contributed by atoms with van der Waals surface area (Å²) in [6, 6.07) is 18.6. The van der Waals surface area contributed by atoms with Crippen molar-refractivity contribution in [2.45, 2.75) is 0 Å². The fraction of sp³-hybridized carbons (Fsp3) is 0. The van der Waals surface area contributed by atoms with E-state index in [9.17, 15) is 4.79 Å². The molecule has 0 unspecified atom stereocenters. The molecule has 0 fully saturated rings. The SMILES string of the molecule is O=C(c1ccccc1)c1ccccc1.[Au]. The average molecular weight is 379 g/mol. The summed E-state index contributed by atoms with van der Waals surface area (Å²) in [5, 5.41) is 0. The van der Waals surface area contributed by atoms with Crippen LogP contribution in [0.4, 0.5) is 0 Å². The van der Waals surface area contributed by atoms with Crippen LogP contribution in [0.2, 0.25) is 0 Å². The van der Waals surface area contributed by atoms with Crippen molar-refractivity contribution in [1.29, 1.82) is 0 Å². The fourth-order valence-electron chi connectivity index (χ4n) is 1.35. The van der Waals surface area contributed by atoms with E-state index in [0.29, 0.717) is 0 Å². The fourth-order valence-corrected chi connectivity index (χ4v) is 1.35. The van der Waals surface area contributed by atoms with Crippen molar-refractivity contribution in [3.05, 3.63) is 71.8 Å². The van der Waals surface area contributed by atoms with Crippen LogP contribution in [-0.2, 0) is 22.4 Å². The van der Waals surface area contributed by atoms with E-state index >= 15 is 0 Å². The van der Waals surface area contributed by atoms with Gasteiger partial charge in [0.1, 0.15) is 0 Å². The Morgan fingerprint density at radius 3 is 1.33 bits per heavy atom. The predicted molar refractivity (Wildman–Crippen MR) is 56.3 cm³/mol. The standard InChI is InChI=1S/C13H10O.Au/c14-13(11-7-3-1-4-8-11)12-9-5-2-6-10-12;/h1-10H;. The molecule has 0 bridgehead atoms. The van der Waals surface area contributed by atoms with Gasteiger partial charge in [-0.3, -0.25) is 4.79 Å². The molecule has 0 saturated heterocycles. The van der Waals surface area contributed by atoms with Gasteiger partial charge in [0.05, 0.1) is 0 Å². The number of carbonyl (C=O) groups is 1. The van der Waals surface area contributed by atoms with Gasteiger partial charge in [-0.2, -0.15) is 0 Å². The van der Waals surface area contributed by atoms with Crippen LogP contribution in [0.25, 0.3) is 0 Å². The summed E-state index contributed by atoms with van der Waals surface area (Å²) in [4.78, 5) is 11.8. The number of hydrogen-bond donors (Lipinski definition) is 0. The van der Waals surface area contributed by atoms with Crippen molar-refractivity contribution in [3.8, 4) is 0 Å². The Bertz CT molecular complexity index is 381. The second kappa shape index (κ2) is 5.66. The maximum Gasteiger partial charge on any atom is 0.193 e. The molecular formula is C13H10AuO. The third-order valence-electron chi connectivity index (χ3n) is 2.07. The van der Waals surface area contributed by atoms with E-state index in [1.54, 1.807) is 0 Å². The Labute approximate surface area is 105 Å². The first kappa shape index (κ1) is 11.9. The van der Waals surface area contributed by atoms with Crippen LogP contribution in [0.5, 0.6) is 0 Å². The van der Waals surface area contributed by atoms with Crippen molar-refractivity contribution in [2.24, 2.45) is 0 Å². The van der Waals surface area contributed by atoms with Gasteiger partial charge in [-0.1, -0.05) is 60.7 Å². The van der Waals surface area contributed by atoms with Gasteiger partial charge >= 0.3 is 0 Å². The molecule has 0 aromatic heterocycles. The Balaban J connectivity index is 0.00000112. The molecule has 0 aliphatic heterocycles. The molecule has 1 nitrogen and oxygen atoms in total. The Kier molecular flexibility index (Phi) is 4.50. The largest absolute Gasteiger partial charge is 0.289 e. The molecule has 2 aromatic carbocycles. The van der Waals surface area contributed by atoms with Gasteiger partial charge in [0.25, 0.3) is 0 Å². The van der Waals surface area contributed by atoms with Gasteiger partial charge in [-0.15, -0.1) is 0 Å². The third-order valence-corrected chi connectivity index (χ3v) is 2.07. The van der Waals surface area contributed by atoms with E-state index in [1.807, 2.05) is 60.7 Å². The van der Waals surface area contributed by atoms with E-state index < -0.39 is 0 Å².